The van der Waals surface area contributed by atoms with Crippen molar-refractivity contribution in [2.45, 2.75) is 19.8 Å². The number of hydrogen-bond donors (Lipinski definition) is 1. The Kier molecular flexibility index (Phi) is 4.55. The van der Waals surface area contributed by atoms with Crippen molar-refractivity contribution in [2.75, 3.05) is 32.7 Å². The van der Waals surface area contributed by atoms with Gasteiger partial charge in [-0.25, -0.2) is 0 Å². The lowest BCUT2D eigenvalue weighted by Gasteiger charge is -2.34. The van der Waals surface area contributed by atoms with E-state index in [2.05, 4.69) is 4.90 Å². The van der Waals surface area contributed by atoms with Gasteiger partial charge in [0, 0.05) is 39.5 Å². The predicted molar refractivity (Wildman–Crippen MR) is 57.1 cm³/mol. The number of carbonyl (C=O) groups is 2. The van der Waals surface area contributed by atoms with Crippen molar-refractivity contribution in [3.63, 3.8) is 0 Å². The van der Waals surface area contributed by atoms with Crippen molar-refractivity contribution >= 4 is 11.8 Å². The fraction of sp³-hybridized carbons (Fsp3) is 0.800. The van der Waals surface area contributed by atoms with Gasteiger partial charge in [0.1, 0.15) is 0 Å². The lowest BCUT2D eigenvalue weighted by Crippen LogP contribution is -2.48. The van der Waals surface area contributed by atoms with Gasteiger partial charge in [-0.05, 0) is 13.0 Å². The Morgan fingerprint density at radius 1 is 1.20 bits per heavy atom. The van der Waals surface area contributed by atoms with Crippen LogP contribution >= 0.6 is 0 Å². The quantitative estimate of drug-likeness (QED) is 0.679. The highest BCUT2D eigenvalue weighted by Gasteiger charge is 2.17. The van der Waals surface area contributed by atoms with Crippen LogP contribution in [0.25, 0.3) is 0 Å². The molecule has 1 fully saturated rings. The molecule has 1 aliphatic heterocycles. The average molecular weight is 213 g/mol. The van der Waals surface area contributed by atoms with Crippen molar-refractivity contribution in [2.24, 2.45) is 5.73 Å². The molecule has 0 spiro atoms. The van der Waals surface area contributed by atoms with Crippen LogP contribution in [0.15, 0.2) is 0 Å². The summed E-state index contributed by atoms with van der Waals surface area (Å²) >= 11 is 0. The molecule has 0 bridgehead atoms. The second-order valence-electron chi connectivity index (χ2n) is 3.92. The number of primary amides is 1. The molecule has 0 aliphatic carbocycles. The van der Waals surface area contributed by atoms with Crippen LogP contribution < -0.4 is 5.73 Å². The van der Waals surface area contributed by atoms with Crippen LogP contribution in [0.2, 0.25) is 0 Å². The van der Waals surface area contributed by atoms with Crippen LogP contribution in [0, 0.1) is 0 Å². The summed E-state index contributed by atoms with van der Waals surface area (Å²) in [5.74, 6) is -0.0934. The zero-order valence-electron chi connectivity index (χ0n) is 9.24. The summed E-state index contributed by atoms with van der Waals surface area (Å²) in [6.07, 6.45) is 1.27. The SMILES string of the molecule is CC(=O)N1CCN(CCCC(N)=O)CC1. The van der Waals surface area contributed by atoms with Crippen molar-refractivity contribution < 1.29 is 9.59 Å². The van der Waals surface area contributed by atoms with Gasteiger partial charge in [-0.15, -0.1) is 0 Å². The predicted octanol–water partition coefficient (Wildman–Crippen LogP) is -0.584. The van der Waals surface area contributed by atoms with Gasteiger partial charge in [0.2, 0.25) is 11.8 Å². The average Bonchev–Trinajstić information content (AvgIpc) is 2.18. The Morgan fingerprint density at radius 2 is 1.80 bits per heavy atom. The molecule has 0 aromatic rings. The van der Waals surface area contributed by atoms with E-state index in [1.165, 1.54) is 0 Å². The summed E-state index contributed by atoms with van der Waals surface area (Å²) in [6.45, 7) is 5.89. The molecular weight excluding hydrogens is 194 g/mol. The van der Waals surface area contributed by atoms with E-state index < -0.39 is 0 Å². The molecule has 2 N–H and O–H groups in total. The van der Waals surface area contributed by atoms with Crippen molar-refractivity contribution in [3.8, 4) is 0 Å². The summed E-state index contributed by atoms with van der Waals surface area (Å²) in [7, 11) is 0. The highest BCUT2D eigenvalue weighted by Crippen LogP contribution is 2.03. The standard InChI is InChI=1S/C10H19N3O2/c1-9(14)13-7-5-12(6-8-13)4-2-3-10(11)15/h2-8H2,1H3,(H2,11,15). The number of nitrogens with two attached hydrogens (primary N) is 1. The number of rotatable bonds is 4. The van der Waals surface area contributed by atoms with Crippen LogP contribution in [0.4, 0.5) is 0 Å². The van der Waals surface area contributed by atoms with E-state index >= 15 is 0 Å². The fourth-order valence-electron chi connectivity index (χ4n) is 1.76. The van der Waals surface area contributed by atoms with Gasteiger partial charge in [-0.1, -0.05) is 0 Å². The van der Waals surface area contributed by atoms with Crippen LogP contribution in [-0.2, 0) is 9.59 Å². The molecule has 1 heterocycles. The van der Waals surface area contributed by atoms with Crippen LogP contribution in [0.3, 0.4) is 0 Å². The topological polar surface area (TPSA) is 66.6 Å². The third kappa shape index (κ3) is 4.29. The highest BCUT2D eigenvalue weighted by atomic mass is 16.2. The highest BCUT2D eigenvalue weighted by molar-refractivity contribution is 5.73. The van der Waals surface area contributed by atoms with E-state index in [0.29, 0.717) is 6.42 Å². The lowest BCUT2D eigenvalue weighted by molar-refractivity contribution is -0.130. The molecule has 1 aliphatic rings. The maximum absolute atomic E-state index is 11.1. The van der Waals surface area contributed by atoms with Crippen molar-refractivity contribution in [3.05, 3.63) is 0 Å². The maximum Gasteiger partial charge on any atom is 0.219 e. The Morgan fingerprint density at radius 3 is 2.27 bits per heavy atom. The Hall–Kier alpha value is -1.10. The Bertz CT molecular complexity index is 232. The second kappa shape index (κ2) is 5.70. The minimum atomic E-state index is -0.239. The summed E-state index contributed by atoms with van der Waals surface area (Å²) in [4.78, 5) is 25.7. The van der Waals surface area contributed by atoms with Gasteiger partial charge in [-0.2, -0.15) is 0 Å². The van der Waals surface area contributed by atoms with Gasteiger partial charge < -0.3 is 10.6 Å². The third-order valence-corrected chi connectivity index (χ3v) is 2.72. The monoisotopic (exact) mass is 213 g/mol. The Balaban J connectivity index is 2.14. The van der Waals surface area contributed by atoms with Gasteiger partial charge in [0.25, 0.3) is 0 Å². The molecular formula is C10H19N3O2. The molecule has 1 rings (SSSR count). The zero-order chi connectivity index (χ0) is 11.3. The summed E-state index contributed by atoms with van der Waals surface area (Å²) in [5.41, 5.74) is 5.06. The van der Waals surface area contributed by atoms with Crippen LogP contribution in [-0.4, -0.2) is 54.3 Å². The van der Waals surface area contributed by atoms with Crippen molar-refractivity contribution in [1.82, 2.24) is 9.80 Å². The molecule has 0 aromatic heterocycles. The summed E-state index contributed by atoms with van der Waals surface area (Å²) in [6, 6.07) is 0. The molecule has 5 heteroatoms. The molecule has 15 heavy (non-hydrogen) atoms. The minimum Gasteiger partial charge on any atom is -0.370 e. The number of carbonyl (C=O) groups excluding carboxylic acids is 2. The molecule has 0 radical (unpaired) electrons. The lowest BCUT2D eigenvalue weighted by atomic mass is 10.2. The van der Waals surface area contributed by atoms with Gasteiger partial charge in [0.15, 0.2) is 0 Å². The third-order valence-electron chi connectivity index (χ3n) is 2.72. The molecule has 86 valence electrons. The number of nitrogens with zero attached hydrogens (tertiary/aromatic N) is 2. The largest absolute Gasteiger partial charge is 0.370 e. The summed E-state index contributed by atoms with van der Waals surface area (Å²) < 4.78 is 0. The number of hydrogen-bond acceptors (Lipinski definition) is 3. The van der Waals surface area contributed by atoms with Crippen LogP contribution in [0.5, 0.6) is 0 Å². The van der Waals surface area contributed by atoms with E-state index in [1.807, 2.05) is 4.90 Å². The molecule has 0 atom stereocenters. The first-order chi connectivity index (χ1) is 7.09. The van der Waals surface area contributed by atoms with E-state index in [4.69, 9.17) is 5.73 Å². The number of amides is 2. The van der Waals surface area contributed by atoms with E-state index in [1.54, 1.807) is 6.92 Å². The molecule has 0 unspecified atom stereocenters. The Labute approximate surface area is 90.2 Å². The molecule has 0 saturated carbocycles. The smallest absolute Gasteiger partial charge is 0.219 e. The molecule has 2 amide bonds. The second-order valence-corrected chi connectivity index (χ2v) is 3.92. The van der Waals surface area contributed by atoms with E-state index in [9.17, 15) is 9.59 Å². The molecule has 0 aromatic carbocycles. The maximum atomic E-state index is 11.1. The fourth-order valence-corrected chi connectivity index (χ4v) is 1.76. The first kappa shape index (κ1) is 12.0. The van der Waals surface area contributed by atoms with Gasteiger partial charge >= 0.3 is 0 Å². The molecule has 1 saturated heterocycles. The number of piperazine rings is 1. The van der Waals surface area contributed by atoms with Crippen LogP contribution in [0.1, 0.15) is 19.8 Å². The normalized spacial score (nSPS) is 17.8. The molecule has 5 nitrogen and oxygen atoms in total. The van der Waals surface area contributed by atoms with Crippen molar-refractivity contribution in [1.29, 1.82) is 0 Å². The van der Waals surface area contributed by atoms with E-state index in [-0.39, 0.29) is 11.8 Å². The zero-order valence-corrected chi connectivity index (χ0v) is 9.24. The van der Waals surface area contributed by atoms with E-state index in [0.717, 1.165) is 39.1 Å². The first-order valence-electron chi connectivity index (χ1n) is 5.36. The first-order valence-corrected chi connectivity index (χ1v) is 5.36. The van der Waals surface area contributed by atoms with Gasteiger partial charge in [-0.3, -0.25) is 14.5 Å². The minimum absolute atomic E-state index is 0.145. The van der Waals surface area contributed by atoms with Gasteiger partial charge in [0.05, 0.1) is 0 Å². The summed E-state index contributed by atoms with van der Waals surface area (Å²) in [5, 5.41) is 0.